The van der Waals surface area contributed by atoms with E-state index in [1.165, 1.54) is 47.4 Å². The zero-order valence-electron chi connectivity index (χ0n) is 20.5. The van der Waals surface area contributed by atoms with Gasteiger partial charge in [-0.3, -0.25) is 14.3 Å². The molecule has 1 aliphatic rings. The Hall–Kier alpha value is -3.85. The Morgan fingerprint density at radius 1 is 0.897 bits per heavy atom. The van der Waals surface area contributed by atoms with Gasteiger partial charge in [0.25, 0.3) is 5.91 Å². The summed E-state index contributed by atoms with van der Waals surface area (Å²) in [7, 11) is -4.38. The summed E-state index contributed by atoms with van der Waals surface area (Å²) in [4.78, 5) is 33.4. The second-order valence-corrected chi connectivity index (χ2v) is 10.8. The van der Waals surface area contributed by atoms with Gasteiger partial charge in [0.1, 0.15) is 23.7 Å². The van der Waals surface area contributed by atoms with E-state index >= 15 is 0 Å². The number of hydrogen-bond donors (Lipinski definition) is 4. The second-order valence-electron chi connectivity index (χ2n) is 9.17. The van der Waals surface area contributed by atoms with E-state index in [0.29, 0.717) is 27.9 Å². The van der Waals surface area contributed by atoms with Gasteiger partial charge in [-0.25, -0.2) is 4.39 Å². The highest BCUT2D eigenvalue weighted by Crippen LogP contribution is 2.45. The van der Waals surface area contributed by atoms with Gasteiger partial charge in [0, 0.05) is 11.3 Å². The van der Waals surface area contributed by atoms with Gasteiger partial charge in [-0.1, -0.05) is 54.6 Å². The molecule has 39 heavy (non-hydrogen) atoms. The zero-order chi connectivity index (χ0) is 27.7. The fraction of sp³-hybridized carbons (Fsp3) is 0.138. The van der Waals surface area contributed by atoms with E-state index < -0.39 is 31.7 Å². The topological polar surface area (TPSA) is 128 Å². The third-order valence-corrected chi connectivity index (χ3v) is 7.63. The van der Waals surface area contributed by atoms with Gasteiger partial charge in [-0.05, 0) is 59.2 Å². The Kier molecular flexibility index (Phi) is 7.36. The second kappa shape index (κ2) is 10.7. The molecule has 1 heterocycles. The van der Waals surface area contributed by atoms with Crippen molar-refractivity contribution in [2.24, 2.45) is 0 Å². The number of anilines is 1. The van der Waals surface area contributed by atoms with Crippen molar-refractivity contribution in [3.8, 4) is 16.9 Å². The molecule has 5 rings (SSSR count). The number of hydrogen-bond acceptors (Lipinski definition) is 5. The molecule has 0 bridgehead atoms. The Balaban J connectivity index is 1.42. The lowest BCUT2D eigenvalue weighted by molar-refractivity contribution is -0.145. The number of aliphatic hydroxyl groups is 1. The van der Waals surface area contributed by atoms with Crippen LogP contribution in [0, 0.1) is 5.82 Å². The van der Waals surface area contributed by atoms with Crippen molar-refractivity contribution < 1.29 is 38.5 Å². The smallest absolute Gasteiger partial charge is 0.356 e. The van der Waals surface area contributed by atoms with Gasteiger partial charge in [-0.15, -0.1) is 0 Å². The van der Waals surface area contributed by atoms with Gasteiger partial charge in [0.15, 0.2) is 6.10 Å². The third-order valence-electron chi connectivity index (χ3n) is 6.65. The van der Waals surface area contributed by atoms with Crippen molar-refractivity contribution in [3.63, 3.8) is 0 Å². The molecular formula is C29H25FNO7P. The number of carbonyl (C=O) groups is 1. The average Bonchev–Trinajstić information content (AvgIpc) is 2.92. The fourth-order valence-electron chi connectivity index (χ4n) is 4.60. The standard InChI is InChI=1S/C29H25FNO7P/c30-21-11-6-19(7-12-21)26(33)17-38-28-27(31(29(28)34)22-4-2-1-3-5-22)24-15-10-20(16-25(24)32)18-8-13-23(14-9-18)39(35,36)37/h1-16,26-28,32-33H,17H2,(H2,35,36,37)/t26-,27+,28+/m0/s1. The highest BCUT2D eigenvalue weighted by molar-refractivity contribution is 7.60. The highest BCUT2D eigenvalue weighted by atomic mass is 31.2. The number of phenols is 1. The first kappa shape index (κ1) is 26.7. The number of benzene rings is 4. The summed E-state index contributed by atoms with van der Waals surface area (Å²) in [6, 6.07) is 24.3. The fourth-order valence-corrected chi connectivity index (χ4v) is 5.14. The number of β-lactam (4-membered cyclic amide) rings is 1. The van der Waals surface area contributed by atoms with Crippen LogP contribution in [0.15, 0.2) is 97.1 Å². The zero-order valence-corrected chi connectivity index (χ0v) is 21.4. The minimum atomic E-state index is -4.38. The minimum absolute atomic E-state index is 0.0994. The largest absolute Gasteiger partial charge is 0.508 e. The van der Waals surface area contributed by atoms with E-state index in [9.17, 15) is 33.7 Å². The van der Waals surface area contributed by atoms with Crippen LogP contribution in [-0.4, -0.2) is 38.6 Å². The Labute approximate surface area is 223 Å². The molecule has 1 saturated heterocycles. The van der Waals surface area contributed by atoms with Crippen molar-refractivity contribution in [2.75, 3.05) is 11.5 Å². The van der Waals surface area contributed by atoms with Crippen LogP contribution in [0.25, 0.3) is 11.1 Å². The quantitative estimate of drug-likeness (QED) is 0.192. The number of halogens is 1. The maximum absolute atomic E-state index is 13.2. The number of phenolic OH excluding ortho intramolecular Hbond substituents is 1. The van der Waals surface area contributed by atoms with E-state index in [0.717, 1.165) is 0 Å². The van der Waals surface area contributed by atoms with Crippen molar-refractivity contribution in [3.05, 3.63) is 114 Å². The molecule has 4 aromatic rings. The van der Waals surface area contributed by atoms with Crippen molar-refractivity contribution in [1.82, 2.24) is 0 Å². The first-order chi connectivity index (χ1) is 18.6. The number of rotatable bonds is 8. The van der Waals surface area contributed by atoms with Crippen LogP contribution >= 0.6 is 7.60 Å². The number of nitrogens with zero attached hydrogens (tertiary/aromatic N) is 1. The Morgan fingerprint density at radius 2 is 1.54 bits per heavy atom. The van der Waals surface area contributed by atoms with Crippen LogP contribution in [0.3, 0.4) is 0 Å². The van der Waals surface area contributed by atoms with Crippen LogP contribution in [0.5, 0.6) is 5.75 Å². The minimum Gasteiger partial charge on any atom is -0.508 e. The molecule has 8 nitrogen and oxygen atoms in total. The molecule has 0 spiro atoms. The molecule has 4 aromatic carbocycles. The van der Waals surface area contributed by atoms with Crippen LogP contribution in [0.4, 0.5) is 10.1 Å². The summed E-state index contributed by atoms with van der Waals surface area (Å²) >= 11 is 0. The summed E-state index contributed by atoms with van der Waals surface area (Å²) < 4.78 is 30.6. The Bertz CT molecular complexity index is 1520. The van der Waals surface area contributed by atoms with Gasteiger partial charge in [-0.2, -0.15) is 0 Å². The summed E-state index contributed by atoms with van der Waals surface area (Å²) in [5.41, 5.74) is 2.72. The normalized spacial score (nSPS) is 18.1. The summed E-state index contributed by atoms with van der Waals surface area (Å²) in [5, 5.41) is 21.4. The molecule has 0 aliphatic carbocycles. The van der Waals surface area contributed by atoms with Crippen molar-refractivity contribution >= 4 is 24.5 Å². The predicted molar refractivity (Wildman–Crippen MR) is 143 cm³/mol. The van der Waals surface area contributed by atoms with Crippen LogP contribution in [0.1, 0.15) is 23.3 Å². The summed E-state index contributed by atoms with van der Waals surface area (Å²) in [6.45, 7) is -0.216. The molecule has 0 aromatic heterocycles. The number of aliphatic hydroxyl groups excluding tert-OH is 1. The van der Waals surface area contributed by atoms with E-state index in [1.54, 1.807) is 48.5 Å². The van der Waals surface area contributed by atoms with E-state index in [1.807, 2.05) is 6.07 Å². The molecule has 4 N–H and O–H groups in total. The van der Waals surface area contributed by atoms with Crippen molar-refractivity contribution in [2.45, 2.75) is 18.2 Å². The van der Waals surface area contributed by atoms with Crippen molar-refractivity contribution in [1.29, 1.82) is 0 Å². The first-order valence-corrected chi connectivity index (χ1v) is 13.7. The molecule has 1 amide bonds. The van der Waals surface area contributed by atoms with Gasteiger partial charge >= 0.3 is 7.60 Å². The lowest BCUT2D eigenvalue weighted by Gasteiger charge is -2.47. The van der Waals surface area contributed by atoms with E-state index in [-0.39, 0.29) is 23.6 Å². The molecule has 0 radical (unpaired) electrons. The molecule has 10 heteroatoms. The lowest BCUT2D eigenvalue weighted by Crippen LogP contribution is -2.60. The van der Waals surface area contributed by atoms with E-state index in [2.05, 4.69) is 0 Å². The van der Waals surface area contributed by atoms with Crippen LogP contribution in [0.2, 0.25) is 0 Å². The lowest BCUT2D eigenvalue weighted by atomic mass is 9.88. The van der Waals surface area contributed by atoms with Crippen LogP contribution < -0.4 is 10.2 Å². The number of carbonyl (C=O) groups excluding carboxylic acids is 1. The van der Waals surface area contributed by atoms with Gasteiger partial charge in [0.2, 0.25) is 0 Å². The number of aromatic hydroxyl groups is 1. The molecular weight excluding hydrogens is 524 g/mol. The SMILES string of the molecule is O=C1[C@H](OC[C@H](O)c2ccc(F)cc2)[C@@H](c2ccc(-c3ccc(P(=O)(O)O)cc3)cc2O)N1c1ccccc1. The first-order valence-electron chi connectivity index (χ1n) is 12.1. The number of amides is 1. The molecule has 0 unspecified atom stereocenters. The molecule has 1 aliphatic heterocycles. The van der Waals surface area contributed by atoms with Gasteiger partial charge in [0.05, 0.1) is 11.9 Å². The maximum atomic E-state index is 13.2. The molecule has 3 atom stereocenters. The monoisotopic (exact) mass is 549 g/mol. The van der Waals surface area contributed by atoms with E-state index in [4.69, 9.17) is 4.74 Å². The summed E-state index contributed by atoms with van der Waals surface area (Å²) in [6.07, 6.45) is -2.07. The molecule has 200 valence electrons. The molecule has 1 fully saturated rings. The Morgan fingerprint density at radius 3 is 2.15 bits per heavy atom. The average molecular weight is 549 g/mol. The van der Waals surface area contributed by atoms with Crippen LogP contribution in [-0.2, 0) is 14.1 Å². The highest BCUT2D eigenvalue weighted by Gasteiger charge is 2.51. The summed E-state index contributed by atoms with van der Waals surface area (Å²) in [5.74, 6) is -0.872. The number of para-hydroxylation sites is 1. The predicted octanol–water partition coefficient (Wildman–Crippen LogP) is 4.21. The third kappa shape index (κ3) is 5.49. The van der Waals surface area contributed by atoms with Gasteiger partial charge < -0.3 is 24.7 Å². The number of ether oxygens (including phenoxy) is 1. The maximum Gasteiger partial charge on any atom is 0.356 e. The molecule has 0 saturated carbocycles.